The summed E-state index contributed by atoms with van der Waals surface area (Å²) in [6, 6.07) is -10.5. The Bertz CT molecular complexity index is 2100. The van der Waals surface area contributed by atoms with E-state index in [4.69, 9.17) is 40.1 Å². The number of likely N-dealkylation sites (tertiary alicyclic amines) is 1. The van der Waals surface area contributed by atoms with Gasteiger partial charge in [0.25, 0.3) is 5.92 Å². The largest absolute Gasteiger partial charge is 0.477 e. The van der Waals surface area contributed by atoms with Crippen LogP contribution in [0.25, 0.3) is 0 Å². The van der Waals surface area contributed by atoms with Crippen LogP contribution in [0.4, 0.5) is 8.78 Å². The van der Waals surface area contributed by atoms with Crippen LogP contribution in [0.5, 0.6) is 0 Å². The van der Waals surface area contributed by atoms with E-state index in [9.17, 15) is 53.4 Å². The van der Waals surface area contributed by atoms with Gasteiger partial charge >= 0.3 is 5.97 Å². The van der Waals surface area contributed by atoms with Crippen molar-refractivity contribution in [1.29, 1.82) is 0 Å². The number of nitrogens with one attached hydrogen (secondary N) is 8. The number of rotatable bonds is 34. The maximum atomic E-state index is 15.3. The van der Waals surface area contributed by atoms with Crippen molar-refractivity contribution >= 4 is 59.2 Å². The number of alkyl halides is 2. The lowest BCUT2D eigenvalue weighted by Crippen LogP contribution is -2.60. The normalized spacial score (nSPS) is 17.0. The molecule has 0 saturated carbocycles. The summed E-state index contributed by atoms with van der Waals surface area (Å²) in [5.41, 5.74) is 38.6. The molecule has 0 aromatic carbocycles. The van der Waals surface area contributed by atoms with Gasteiger partial charge < -0.3 is 97.5 Å². The summed E-state index contributed by atoms with van der Waals surface area (Å²) in [6.45, 7) is -0.762. The molecule has 24 N–H and O–H groups in total. The van der Waals surface area contributed by atoms with Gasteiger partial charge in [-0.2, -0.15) is 0 Å². The first-order valence-electron chi connectivity index (χ1n) is 24.0. The third kappa shape index (κ3) is 22.0. The molecule has 74 heavy (non-hydrogen) atoms. The minimum Gasteiger partial charge on any atom is -0.477 e. The third-order valence-corrected chi connectivity index (χ3v) is 11.3. The molecule has 1 aliphatic rings. The Morgan fingerprint density at radius 1 is 0.838 bits per heavy atom. The Labute approximate surface area is 425 Å². The van der Waals surface area contributed by atoms with Crippen LogP contribution in [-0.4, -0.2) is 184 Å². The van der Waals surface area contributed by atoms with Gasteiger partial charge in [-0.1, -0.05) is 12.5 Å². The van der Waals surface area contributed by atoms with Gasteiger partial charge in [-0.25, -0.2) is 18.6 Å². The SMILES string of the molecule is CC(NC(=O)[C@@H](NC(=O)[C@@H](N)CCCCN)[C@@H](O)CN)C(=O)NCC(=O)N[C@H](CCCN)C(=O)N1CC(F)(F)C[C@H]1C(=O)N[C@@H](Cc1cnc[nH]1)C(=O)N[C@@H](CCCCN)C(=O)N/C(=C\CCN=C(N)N)C(=O)O. The van der Waals surface area contributed by atoms with Crippen molar-refractivity contribution in [3.05, 3.63) is 30.0 Å². The van der Waals surface area contributed by atoms with Crippen molar-refractivity contribution in [2.24, 2.45) is 45.1 Å². The maximum Gasteiger partial charge on any atom is 0.352 e. The van der Waals surface area contributed by atoms with Crippen molar-refractivity contribution in [3.8, 4) is 0 Å². The summed E-state index contributed by atoms with van der Waals surface area (Å²) < 4.78 is 30.5. The number of carboxylic acid groups (broad SMARTS) is 1. The lowest BCUT2D eigenvalue weighted by atomic mass is 10.0. The van der Waals surface area contributed by atoms with Gasteiger partial charge in [-0.3, -0.25) is 43.3 Å². The summed E-state index contributed by atoms with van der Waals surface area (Å²) in [5.74, 6) is -13.4. The number of unbranched alkanes of at least 4 members (excludes halogenated alkanes) is 2. The highest BCUT2D eigenvalue weighted by Crippen LogP contribution is 2.33. The summed E-state index contributed by atoms with van der Waals surface area (Å²) >= 11 is 0. The van der Waals surface area contributed by atoms with Crippen LogP contribution in [0.15, 0.2) is 29.3 Å². The first-order chi connectivity index (χ1) is 35.0. The molecule has 1 aliphatic heterocycles. The van der Waals surface area contributed by atoms with Gasteiger partial charge in [-0.15, -0.1) is 0 Å². The highest BCUT2D eigenvalue weighted by Gasteiger charge is 2.51. The van der Waals surface area contributed by atoms with E-state index < -0.39 is 139 Å². The molecule has 0 aliphatic carbocycles. The molecule has 1 saturated heterocycles. The number of carbonyl (C=O) groups is 9. The number of nitrogens with zero attached hydrogens (tertiary/aromatic N) is 3. The van der Waals surface area contributed by atoms with E-state index in [1.165, 1.54) is 19.4 Å². The molecule has 1 fully saturated rings. The zero-order valence-electron chi connectivity index (χ0n) is 41.3. The number of aromatic nitrogens is 2. The summed E-state index contributed by atoms with van der Waals surface area (Å²) in [4.78, 5) is 131. The number of aliphatic imine (C=N–C) groups is 1. The van der Waals surface area contributed by atoms with Gasteiger partial charge in [0.05, 0.1) is 31.6 Å². The number of amides is 8. The molecule has 29 nitrogen and oxygen atoms in total. The number of guanidine groups is 1. The number of nitrogens with two attached hydrogens (primary N) is 7. The molecule has 0 radical (unpaired) electrons. The number of carbonyl (C=O) groups excluding carboxylic acids is 8. The summed E-state index contributed by atoms with van der Waals surface area (Å²) in [5, 5.41) is 36.5. The molecule has 2 rings (SSSR count). The Morgan fingerprint density at radius 3 is 2.08 bits per heavy atom. The molecule has 1 unspecified atom stereocenters. The van der Waals surface area contributed by atoms with Crippen LogP contribution < -0.4 is 77.4 Å². The molecule has 416 valence electrons. The Hall–Kier alpha value is -6.93. The van der Waals surface area contributed by atoms with Crippen LogP contribution in [0.1, 0.15) is 76.8 Å². The number of aromatic amines is 1. The quantitative estimate of drug-likeness (QED) is 0.0132. The lowest BCUT2D eigenvalue weighted by Gasteiger charge is -2.30. The highest BCUT2D eigenvalue weighted by atomic mass is 19.3. The van der Waals surface area contributed by atoms with Crippen LogP contribution in [-0.2, 0) is 49.6 Å². The third-order valence-electron chi connectivity index (χ3n) is 11.3. The number of aliphatic hydroxyl groups excluding tert-OH is 1. The van der Waals surface area contributed by atoms with Gasteiger partial charge in [0.2, 0.25) is 47.3 Å². The van der Waals surface area contributed by atoms with E-state index in [-0.39, 0.29) is 76.2 Å². The first-order valence-corrected chi connectivity index (χ1v) is 24.0. The fourth-order valence-corrected chi connectivity index (χ4v) is 7.31. The van der Waals surface area contributed by atoms with Crippen molar-refractivity contribution in [1.82, 2.24) is 52.1 Å². The van der Waals surface area contributed by atoms with E-state index in [1.54, 1.807) is 0 Å². The van der Waals surface area contributed by atoms with Gasteiger partial charge in [0, 0.05) is 37.8 Å². The highest BCUT2D eigenvalue weighted by molar-refractivity contribution is 5.99. The number of H-pyrrole nitrogens is 1. The maximum absolute atomic E-state index is 15.3. The second-order valence-electron chi connectivity index (χ2n) is 17.4. The topological polar surface area (TPSA) is 505 Å². The number of carboxylic acids is 1. The fourth-order valence-electron chi connectivity index (χ4n) is 7.31. The lowest BCUT2D eigenvalue weighted by molar-refractivity contribution is -0.142. The fraction of sp³-hybridized carbons (Fsp3) is 0.651. The predicted molar refractivity (Wildman–Crippen MR) is 262 cm³/mol. The minimum absolute atomic E-state index is 0.00514. The van der Waals surface area contributed by atoms with E-state index in [0.717, 1.165) is 6.08 Å². The van der Waals surface area contributed by atoms with Crippen LogP contribution in [0.2, 0.25) is 0 Å². The molecule has 1 aromatic rings. The Balaban J connectivity index is 2.27. The number of hydrogen-bond acceptors (Lipinski definition) is 17. The molecular weight excluding hydrogens is 983 g/mol. The van der Waals surface area contributed by atoms with Crippen molar-refractivity contribution < 1.29 is 62.1 Å². The van der Waals surface area contributed by atoms with Gasteiger partial charge in [-0.05, 0) is 77.9 Å². The molecule has 0 spiro atoms. The molecule has 2 heterocycles. The molecule has 0 bridgehead atoms. The minimum atomic E-state index is -3.64. The number of aliphatic carboxylic acids is 1. The van der Waals surface area contributed by atoms with E-state index in [2.05, 4.69) is 52.2 Å². The number of hydrogen-bond donors (Lipinski definition) is 17. The molecule has 8 amide bonds. The Morgan fingerprint density at radius 2 is 1.49 bits per heavy atom. The summed E-state index contributed by atoms with van der Waals surface area (Å²) in [7, 11) is 0. The Kier molecular flexibility index (Phi) is 27.6. The summed E-state index contributed by atoms with van der Waals surface area (Å²) in [6.07, 6.45) is 2.44. The van der Waals surface area contributed by atoms with E-state index in [0.29, 0.717) is 30.7 Å². The molecule has 31 heteroatoms. The van der Waals surface area contributed by atoms with Gasteiger partial charge in [0.1, 0.15) is 41.9 Å². The number of imidazole rings is 1. The van der Waals surface area contributed by atoms with Crippen LogP contribution in [0, 0.1) is 0 Å². The standard InChI is InChI=1S/C43H74F2N18O11/c1-23(57-39(71)33(31(64)18-49)62-35(67)25(50)8-2-4-12-46)34(66)55-20-32(65)58-27(10-6-14-48)40(72)63-21-43(44,45)17-30(63)38(70)61-29(16-24-19-53-22-56-24)37(69)59-26(9-3-5-13-47)36(68)60-28(41(73)74)11-7-15-54-42(51)52/h11,19,22-23,25-27,29-31,33,64H,2-10,12-18,20-21,46-50H2,1H3,(H,53,56)(H,55,66)(H,57,71)(H,58,65)(H,59,69)(H,60,68)(H,61,70)(H,62,67)(H,73,74)(H4,51,52,54)/b28-11-/t23?,25-,26-,27+,29-,30-,31-,33-/m0/s1. The average molecular weight is 1060 g/mol. The average Bonchev–Trinajstić information content (AvgIpc) is 3.99. The zero-order valence-corrected chi connectivity index (χ0v) is 41.3. The smallest absolute Gasteiger partial charge is 0.352 e. The molecule has 1 aromatic heterocycles. The van der Waals surface area contributed by atoms with E-state index in [1.807, 2.05) is 0 Å². The van der Waals surface area contributed by atoms with Crippen molar-refractivity contribution in [2.45, 2.75) is 132 Å². The van der Waals surface area contributed by atoms with Crippen LogP contribution in [0.3, 0.4) is 0 Å². The van der Waals surface area contributed by atoms with Gasteiger partial charge in [0.15, 0.2) is 5.96 Å². The van der Waals surface area contributed by atoms with Crippen LogP contribution >= 0.6 is 0 Å². The monoisotopic (exact) mass is 1060 g/mol. The number of aliphatic hydroxyl groups is 1. The van der Waals surface area contributed by atoms with E-state index >= 15 is 8.78 Å². The first kappa shape index (κ1) is 63.2. The molecule has 8 atom stereocenters. The zero-order chi connectivity index (χ0) is 55.5. The second-order valence-corrected chi connectivity index (χ2v) is 17.4. The molecular formula is C43H74F2N18O11. The number of halogens is 2. The van der Waals surface area contributed by atoms with Crippen molar-refractivity contribution in [3.63, 3.8) is 0 Å². The van der Waals surface area contributed by atoms with Crippen molar-refractivity contribution in [2.75, 3.05) is 45.8 Å². The predicted octanol–water partition coefficient (Wildman–Crippen LogP) is -6.86. The second kappa shape index (κ2) is 32.3.